The Bertz CT molecular complexity index is 1130. The fourth-order valence-corrected chi connectivity index (χ4v) is 3.58. The monoisotopic (exact) mass is 361 g/mol. The summed E-state index contributed by atoms with van der Waals surface area (Å²) in [7, 11) is 0. The van der Waals surface area contributed by atoms with Gasteiger partial charge in [-0.05, 0) is 53.9 Å². The lowest BCUT2D eigenvalue weighted by Gasteiger charge is -2.09. The smallest absolute Gasteiger partial charge is 0.249 e. The molecular weight excluding hydrogens is 344 g/mol. The molecule has 3 nitrogen and oxygen atoms in total. The number of rotatable bonds is 4. The molecule has 0 saturated heterocycles. The largest absolute Gasteiger partial charge is 0.366 e. The van der Waals surface area contributed by atoms with Crippen molar-refractivity contribution in [2.75, 3.05) is 0 Å². The van der Waals surface area contributed by atoms with E-state index in [1.807, 2.05) is 42.5 Å². The Morgan fingerprint density at radius 3 is 2.58 bits per heavy atom. The number of hydrogen-bond donors (Lipinski definition) is 1. The van der Waals surface area contributed by atoms with E-state index in [1.165, 1.54) is 5.56 Å². The molecule has 0 unspecified atom stereocenters. The minimum absolute atomic E-state index is 0.422. The predicted octanol–water partition coefficient (Wildman–Crippen LogP) is 4.96. The molecule has 1 heterocycles. The second kappa shape index (κ2) is 6.50. The van der Waals surface area contributed by atoms with Gasteiger partial charge in [0.1, 0.15) is 0 Å². The molecule has 1 amide bonds. The van der Waals surface area contributed by atoms with Gasteiger partial charge in [0.25, 0.3) is 0 Å². The fraction of sp³-hybridized carbons (Fsp3) is 0.136. The van der Waals surface area contributed by atoms with Crippen molar-refractivity contribution >= 4 is 39.3 Å². The van der Waals surface area contributed by atoms with Crippen LogP contribution < -0.4 is 5.73 Å². The van der Waals surface area contributed by atoms with Gasteiger partial charge in [0.15, 0.2) is 0 Å². The summed E-state index contributed by atoms with van der Waals surface area (Å²) in [6, 6.07) is 21.0. The highest BCUT2D eigenvalue weighted by atomic mass is 35.5. The Morgan fingerprint density at radius 1 is 1.12 bits per heavy atom. The number of aryl methyl sites for hydroxylation is 1. The summed E-state index contributed by atoms with van der Waals surface area (Å²) in [5.41, 5.74) is 10.5. The highest BCUT2D eigenvalue weighted by molar-refractivity contribution is 6.30. The van der Waals surface area contributed by atoms with Gasteiger partial charge in [-0.1, -0.05) is 42.8 Å². The highest BCUT2D eigenvalue weighted by Crippen LogP contribution is 2.32. The van der Waals surface area contributed by atoms with Crippen LogP contribution in [0, 0.1) is 6.07 Å². The van der Waals surface area contributed by atoms with Crippen LogP contribution in [0.15, 0.2) is 54.6 Å². The zero-order chi connectivity index (χ0) is 18.3. The van der Waals surface area contributed by atoms with E-state index in [0.29, 0.717) is 17.1 Å². The van der Waals surface area contributed by atoms with Gasteiger partial charge in [0, 0.05) is 27.9 Å². The molecule has 0 aliphatic carbocycles. The van der Waals surface area contributed by atoms with Gasteiger partial charge in [-0.3, -0.25) is 4.79 Å². The third-order valence-electron chi connectivity index (χ3n) is 4.78. The van der Waals surface area contributed by atoms with Gasteiger partial charge in [0.2, 0.25) is 5.91 Å². The van der Waals surface area contributed by atoms with Crippen molar-refractivity contribution in [1.29, 1.82) is 0 Å². The van der Waals surface area contributed by atoms with Crippen LogP contribution in [0.3, 0.4) is 0 Å². The molecule has 0 atom stereocenters. The van der Waals surface area contributed by atoms with E-state index < -0.39 is 5.91 Å². The van der Waals surface area contributed by atoms with Crippen molar-refractivity contribution < 1.29 is 4.79 Å². The van der Waals surface area contributed by atoms with E-state index in [9.17, 15) is 4.79 Å². The van der Waals surface area contributed by atoms with Crippen LogP contribution in [0.2, 0.25) is 5.02 Å². The van der Waals surface area contributed by atoms with Crippen molar-refractivity contribution in [3.8, 4) is 0 Å². The molecule has 0 aliphatic rings. The molecule has 4 rings (SSSR count). The number of hydrogen-bond acceptors (Lipinski definition) is 1. The zero-order valence-electron chi connectivity index (χ0n) is 14.4. The molecule has 129 valence electrons. The number of nitrogens with zero attached hydrogens (tertiary/aromatic N) is 1. The summed E-state index contributed by atoms with van der Waals surface area (Å²) in [5, 5.41) is 2.51. The van der Waals surface area contributed by atoms with Crippen molar-refractivity contribution in [1.82, 2.24) is 4.57 Å². The minimum Gasteiger partial charge on any atom is -0.366 e. The molecule has 3 aromatic carbocycles. The molecule has 2 N–H and O–H groups in total. The molecular formula is C22H18ClN2O. The maximum absolute atomic E-state index is 12.0. The van der Waals surface area contributed by atoms with Crippen molar-refractivity contribution in [3.63, 3.8) is 0 Å². The van der Waals surface area contributed by atoms with Gasteiger partial charge in [0.05, 0.1) is 11.0 Å². The molecule has 0 fully saturated rings. The van der Waals surface area contributed by atoms with E-state index in [0.717, 1.165) is 33.8 Å². The van der Waals surface area contributed by atoms with Gasteiger partial charge in [-0.2, -0.15) is 0 Å². The van der Waals surface area contributed by atoms with E-state index in [1.54, 1.807) is 6.07 Å². The van der Waals surface area contributed by atoms with Crippen LogP contribution in [0.5, 0.6) is 0 Å². The number of halogens is 1. The average Bonchev–Trinajstić information content (AvgIpc) is 2.96. The normalized spacial score (nSPS) is 11.3. The third-order valence-corrected chi connectivity index (χ3v) is 5.03. The Hall–Kier alpha value is -2.78. The van der Waals surface area contributed by atoms with Crippen LogP contribution in [-0.2, 0) is 13.0 Å². The number of fused-ring (bicyclic) bond motifs is 3. The number of aromatic nitrogens is 1. The van der Waals surface area contributed by atoms with Gasteiger partial charge < -0.3 is 10.3 Å². The molecule has 1 radical (unpaired) electrons. The number of benzene rings is 3. The van der Waals surface area contributed by atoms with Crippen molar-refractivity contribution in [2.24, 2.45) is 5.73 Å². The summed E-state index contributed by atoms with van der Waals surface area (Å²) < 4.78 is 2.22. The first kappa shape index (κ1) is 16.7. The first-order valence-electron chi connectivity index (χ1n) is 8.58. The van der Waals surface area contributed by atoms with Crippen LogP contribution in [0.1, 0.15) is 28.4 Å². The maximum atomic E-state index is 12.0. The Labute approximate surface area is 157 Å². The molecule has 1 aromatic heterocycles. The average molecular weight is 362 g/mol. The predicted molar refractivity (Wildman–Crippen MR) is 107 cm³/mol. The van der Waals surface area contributed by atoms with E-state index in [2.05, 4.69) is 23.6 Å². The van der Waals surface area contributed by atoms with E-state index >= 15 is 0 Å². The first-order valence-corrected chi connectivity index (χ1v) is 8.96. The van der Waals surface area contributed by atoms with Gasteiger partial charge in [-0.25, -0.2) is 0 Å². The van der Waals surface area contributed by atoms with E-state index in [-0.39, 0.29) is 0 Å². The van der Waals surface area contributed by atoms with Crippen LogP contribution in [0.4, 0.5) is 0 Å². The van der Waals surface area contributed by atoms with E-state index in [4.69, 9.17) is 17.3 Å². The fourth-order valence-electron chi connectivity index (χ4n) is 3.45. The van der Waals surface area contributed by atoms with Gasteiger partial charge in [-0.15, -0.1) is 0 Å². The molecule has 26 heavy (non-hydrogen) atoms. The second-order valence-electron chi connectivity index (χ2n) is 6.40. The standard InChI is InChI=1S/C22H18ClN2O/c1-2-14-8-11-17-20(12-14)25(13-15-6-9-16(23)10-7-15)19-5-3-4-18(21(17)19)22(24)26/h3-10,12H,2,13H2,1H3,(H2,24,26). The molecule has 0 bridgehead atoms. The number of amides is 1. The SMILES string of the molecule is CCc1c[c]c2c3c(C(N)=O)cccc3n(Cc3ccc(Cl)cc3)c2c1. The Balaban J connectivity index is 2.03. The lowest BCUT2D eigenvalue weighted by Crippen LogP contribution is -2.11. The molecule has 4 aromatic rings. The highest BCUT2D eigenvalue weighted by Gasteiger charge is 2.17. The summed E-state index contributed by atoms with van der Waals surface area (Å²) in [6.45, 7) is 2.80. The number of carbonyl (C=O) groups excluding carboxylic acids is 1. The number of primary amides is 1. The summed E-state index contributed by atoms with van der Waals surface area (Å²) >= 11 is 6.02. The third kappa shape index (κ3) is 2.74. The molecule has 0 saturated carbocycles. The topological polar surface area (TPSA) is 48.0 Å². The second-order valence-corrected chi connectivity index (χ2v) is 6.83. The summed E-state index contributed by atoms with van der Waals surface area (Å²) in [5.74, 6) is -0.422. The molecule has 0 aliphatic heterocycles. The quantitative estimate of drug-likeness (QED) is 0.548. The van der Waals surface area contributed by atoms with Crippen molar-refractivity contribution in [3.05, 3.63) is 82.4 Å². The minimum atomic E-state index is -0.422. The van der Waals surface area contributed by atoms with Crippen LogP contribution in [0.25, 0.3) is 21.8 Å². The zero-order valence-corrected chi connectivity index (χ0v) is 15.2. The van der Waals surface area contributed by atoms with Crippen LogP contribution >= 0.6 is 11.6 Å². The van der Waals surface area contributed by atoms with Crippen molar-refractivity contribution in [2.45, 2.75) is 19.9 Å². The Morgan fingerprint density at radius 2 is 1.88 bits per heavy atom. The number of carbonyl (C=O) groups is 1. The summed E-state index contributed by atoms with van der Waals surface area (Å²) in [6.07, 6.45) is 0.928. The van der Waals surface area contributed by atoms with Crippen LogP contribution in [-0.4, -0.2) is 10.5 Å². The lowest BCUT2D eigenvalue weighted by molar-refractivity contribution is 0.100. The Kier molecular flexibility index (Phi) is 4.17. The lowest BCUT2D eigenvalue weighted by atomic mass is 10.0. The maximum Gasteiger partial charge on any atom is 0.249 e. The number of nitrogens with two attached hydrogens (primary N) is 1. The molecule has 0 spiro atoms. The summed E-state index contributed by atoms with van der Waals surface area (Å²) in [4.78, 5) is 12.0. The van der Waals surface area contributed by atoms with Gasteiger partial charge >= 0.3 is 0 Å². The molecule has 4 heteroatoms. The first-order chi connectivity index (χ1) is 12.6.